The average Bonchev–Trinajstić information content (AvgIpc) is 2.41. The van der Waals surface area contributed by atoms with Crippen molar-refractivity contribution in [2.75, 3.05) is 12.4 Å². The van der Waals surface area contributed by atoms with E-state index in [2.05, 4.69) is 10.3 Å². The molecule has 2 aromatic rings. The summed E-state index contributed by atoms with van der Waals surface area (Å²) in [6.07, 6.45) is 0.114. The van der Waals surface area contributed by atoms with E-state index in [9.17, 15) is 9.18 Å². The van der Waals surface area contributed by atoms with Crippen molar-refractivity contribution in [1.29, 1.82) is 0 Å². The van der Waals surface area contributed by atoms with Crippen LogP contribution in [0.1, 0.15) is 11.3 Å². The van der Waals surface area contributed by atoms with Gasteiger partial charge in [0.1, 0.15) is 5.82 Å². The number of nitrogens with one attached hydrogen (secondary N) is 1. The fourth-order valence-electron chi connectivity index (χ4n) is 1.81. The van der Waals surface area contributed by atoms with Gasteiger partial charge in [-0.15, -0.1) is 0 Å². The minimum atomic E-state index is -0.349. The Morgan fingerprint density at radius 3 is 2.80 bits per heavy atom. The van der Waals surface area contributed by atoms with Gasteiger partial charge in [-0.2, -0.15) is 0 Å². The summed E-state index contributed by atoms with van der Waals surface area (Å²) in [5.41, 5.74) is 1.91. The van der Waals surface area contributed by atoms with Gasteiger partial charge in [-0.25, -0.2) is 9.37 Å². The van der Waals surface area contributed by atoms with Crippen LogP contribution >= 0.6 is 0 Å². The molecule has 0 aliphatic heterocycles. The topological polar surface area (TPSA) is 51.2 Å². The third kappa shape index (κ3) is 3.54. The molecule has 0 saturated carbocycles. The number of aromatic nitrogens is 1. The van der Waals surface area contributed by atoms with Crippen LogP contribution in [0.15, 0.2) is 36.4 Å². The van der Waals surface area contributed by atoms with Gasteiger partial charge >= 0.3 is 0 Å². The smallest absolute Gasteiger partial charge is 0.228 e. The van der Waals surface area contributed by atoms with E-state index in [1.165, 1.54) is 19.2 Å². The number of rotatable bonds is 4. The molecule has 0 aliphatic carbocycles. The van der Waals surface area contributed by atoms with E-state index < -0.39 is 0 Å². The van der Waals surface area contributed by atoms with E-state index in [-0.39, 0.29) is 18.1 Å². The van der Waals surface area contributed by atoms with Gasteiger partial charge in [0.2, 0.25) is 11.8 Å². The first-order chi connectivity index (χ1) is 9.58. The number of carbonyl (C=O) groups is 1. The fraction of sp³-hybridized carbons (Fsp3) is 0.200. The molecule has 0 fully saturated rings. The summed E-state index contributed by atoms with van der Waals surface area (Å²) in [5.74, 6) is -0.0751. The van der Waals surface area contributed by atoms with Gasteiger partial charge < -0.3 is 10.1 Å². The Morgan fingerprint density at radius 2 is 2.15 bits per heavy atom. The lowest BCUT2D eigenvalue weighted by atomic mass is 10.1. The Morgan fingerprint density at radius 1 is 1.35 bits per heavy atom. The van der Waals surface area contributed by atoms with Gasteiger partial charge in [0, 0.05) is 6.07 Å². The third-order valence-corrected chi connectivity index (χ3v) is 2.80. The average molecular weight is 274 g/mol. The van der Waals surface area contributed by atoms with Gasteiger partial charge in [0.05, 0.1) is 24.9 Å². The number of aryl methyl sites for hydroxylation is 1. The number of halogens is 1. The fourth-order valence-corrected chi connectivity index (χ4v) is 1.81. The number of methoxy groups -OCH3 is 1. The maximum Gasteiger partial charge on any atom is 0.228 e. The highest BCUT2D eigenvalue weighted by Crippen LogP contribution is 2.17. The first-order valence-electron chi connectivity index (χ1n) is 6.14. The van der Waals surface area contributed by atoms with Crippen LogP contribution in [-0.4, -0.2) is 18.0 Å². The molecule has 0 spiro atoms. The standard InChI is InChI=1S/C15H15FN2O2/c1-10-13(6-7-15(17-10)20-2)18-14(19)9-11-4-3-5-12(16)8-11/h3-8H,9H2,1-2H3,(H,18,19). The zero-order chi connectivity index (χ0) is 14.5. The molecule has 0 saturated heterocycles. The molecular formula is C15H15FN2O2. The van der Waals surface area contributed by atoms with Crippen molar-refractivity contribution in [2.45, 2.75) is 13.3 Å². The molecule has 1 aromatic heterocycles. The predicted octanol–water partition coefficient (Wildman–Crippen LogP) is 2.72. The van der Waals surface area contributed by atoms with Crippen molar-refractivity contribution < 1.29 is 13.9 Å². The van der Waals surface area contributed by atoms with Crippen molar-refractivity contribution in [3.63, 3.8) is 0 Å². The van der Waals surface area contributed by atoms with Gasteiger partial charge in [-0.05, 0) is 30.7 Å². The Balaban J connectivity index is 2.05. The molecule has 0 radical (unpaired) electrons. The Labute approximate surface area is 116 Å². The molecule has 20 heavy (non-hydrogen) atoms. The monoisotopic (exact) mass is 274 g/mol. The molecule has 104 valence electrons. The van der Waals surface area contributed by atoms with Crippen molar-refractivity contribution in [3.8, 4) is 5.88 Å². The van der Waals surface area contributed by atoms with E-state index >= 15 is 0 Å². The normalized spacial score (nSPS) is 10.2. The molecule has 1 heterocycles. The molecule has 0 bridgehead atoms. The van der Waals surface area contributed by atoms with Crippen LogP contribution in [0.2, 0.25) is 0 Å². The second kappa shape index (κ2) is 6.14. The van der Waals surface area contributed by atoms with E-state index in [0.29, 0.717) is 22.8 Å². The van der Waals surface area contributed by atoms with Crippen molar-refractivity contribution in [3.05, 3.63) is 53.5 Å². The Hall–Kier alpha value is -2.43. The third-order valence-electron chi connectivity index (χ3n) is 2.80. The van der Waals surface area contributed by atoms with E-state index in [0.717, 1.165) is 0 Å². The number of amides is 1. The van der Waals surface area contributed by atoms with Gasteiger partial charge in [-0.3, -0.25) is 4.79 Å². The van der Waals surface area contributed by atoms with E-state index in [4.69, 9.17) is 4.74 Å². The first kappa shape index (κ1) is 14.0. The number of hydrogen-bond donors (Lipinski definition) is 1. The number of hydrogen-bond acceptors (Lipinski definition) is 3. The summed E-state index contributed by atoms with van der Waals surface area (Å²) in [4.78, 5) is 16.1. The van der Waals surface area contributed by atoms with Crippen molar-refractivity contribution in [1.82, 2.24) is 4.98 Å². The van der Waals surface area contributed by atoms with E-state index in [1.54, 1.807) is 31.2 Å². The molecular weight excluding hydrogens is 259 g/mol. The number of carbonyl (C=O) groups excluding carboxylic acids is 1. The van der Waals surface area contributed by atoms with Crippen molar-refractivity contribution >= 4 is 11.6 Å². The van der Waals surface area contributed by atoms with Crippen LogP contribution in [0.25, 0.3) is 0 Å². The highest BCUT2D eigenvalue weighted by Gasteiger charge is 2.08. The second-order valence-corrected chi connectivity index (χ2v) is 4.34. The van der Waals surface area contributed by atoms with Crippen LogP contribution < -0.4 is 10.1 Å². The van der Waals surface area contributed by atoms with Gasteiger partial charge in [0.15, 0.2) is 0 Å². The maximum atomic E-state index is 13.0. The molecule has 0 atom stereocenters. The highest BCUT2D eigenvalue weighted by molar-refractivity contribution is 5.92. The molecule has 5 heteroatoms. The summed E-state index contributed by atoms with van der Waals surface area (Å²) in [5, 5.41) is 2.75. The van der Waals surface area contributed by atoms with Crippen LogP contribution in [0.3, 0.4) is 0 Å². The predicted molar refractivity (Wildman–Crippen MR) is 74.3 cm³/mol. The summed E-state index contributed by atoms with van der Waals surface area (Å²) in [7, 11) is 1.53. The molecule has 1 aromatic carbocycles. The minimum Gasteiger partial charge on any atom is -0.481 e. The number of anilines is 1. The number of benzene rings is 1. The number of nitrogens with zero attached hydrogens (tertiary/aromatic N) is 1. The molecule has 1 N–H and O–H groups in total. The molecule has 4 nitrogen and oxygen atoms in total. The number of pyridine rings is 1. The summed E-state index contributed by atoms with van der Waals surface area (Å²) >= 11 is 0. The molecule has 0 aliphatic rings. The zero-order valence-electron chi connectivity index (χ0n) is 11.3. The quantitative estimate of drug-likeness (QED) is 0.932. The zero-order valence-corrected chi connectivity index (χ0v) is 11.3. The minimum absolute atomic E-state index is 0.114. The Bertz CT molecular complexity index is 629. The van der Waals surface area contributed by atoms with Gasteiger partial charge in [-0.1, -0.05) is 12.1 Å². The largest absolute Gasteiger partial charge is 0.481 e. The number of ether oxygens (including phenoxy) is 1. The lowest BCUT2D eigenvalue weighted by molar-refractivity contribution is -0.115. The van der Waals surface area contributed by atoms with Crippen molar-refractivity contribution in [2.24, 2.45) is 0 Å². The molecule has 0 unspecified atom stereocenters. The van der Waals surface area contributed by atoms with Crippen LogP contribution in [0, 0.1) is 12.7 Å². The first-order valence-corrected chi connectivity index (χ1v) is 6.14. The SMILES string of the molecule is COc1ccc(NC(=O)Cc2cccc(F)c2)c(C)n1. The maximum absolute atomic E-state index is 13.0. The highest BCUT2D eigenvalue weighted by atomic mass is 19.1. The summed E-state index contributed by atoms with van der Waals surface area (Å²) in [6, 6.07) is 9.38. The van der Waals surface area contributed by atoms with Gasteiger partial charge in [0.25, 0.3) is 0 Å². The summed E-state index contributed by atoms with van der Waals surface area (Å²) < 4.78 is 18.0. The van der Waals surface area contributed by atoms with Crippen LogP contribution in [0.4, 0.5) is 10.1 Å². The lowest BCUT2D eigenvalue weighted by Crippen LogP contribution is -2.15. The summed E-state index contributed by atoms with van der Waals surface area (Å²) in [6.45, 7) is 1.78. The lowest BCUT2D eigenvalue weighted by Gasteiger charge is -2.09. The van der Waals surface area contributed by atoms with E-state index in [1.807, 2.05) is 0 Å². The molecule has 2 rings (SSSR count). The second-order valence-electron chi connectivity index (χ2n) is 4.34. The van der Waals surface area contributed by atoms with Crippen LogP contribution in [0.5, 0.6) is 5.88 Å². The molecule has 1 amide bonds. The van der Waals surface area contributed by atoms with Crippen LogP contribution in [-0.2, 0) is 11.2 Å². The Kier molecular flexibility index (Phi) is 4.30.